The van der Waals surface area contributed by atoms with Crippen molar-refractivity contribution in [2.75, 3.05) is 40.5 Å². The fraction of sp³-hybridized carbons (Fsp3) is 0.462. The summed E-state index contributed by atoms with van der Waals surface area (Å²) >= 11 is 0. The number of likely N-dealkylation sites (N-methyl/N-ethyl adjacent to an activating group) is 1. The van der Waals surface area contributed by atoms with E-state index in [0.717, 1.165) is 5.75 Å². The molecule has 0 aliphatic heterocycles. The molecule has 0 aliphatic rings. The van der Waals surface area contributed by atoms with Gasteiger partial charge in [-0.1, -0.05) is 0 Å². The molecule has 0 saturated heterocycles. The second-order valence-corrected chi connectivity index (χ2v) is 3.86. The summed E-state index contributed by atoms with van der Waals surface area (Å²) in [5.74, 6) is 0.703. The molecule has 0 unspecified atom stereocenters. The number of carbonyl (C=O) groups excluding carboxylic acids is 1. The van der Waals surface area contributed by atoms with E-state index in [2.05, 4.69) is 0 Å². The topological polar surface area (TPSA) is 64.8 Å². The third-order valence-corrected chi connectivity index (χ3v) is 2.52. The van der Waals surface area contributed by atoms with Gasteiger partial charge in [-0.15, -0.1) is 0 Å². The molecule has 0 aliphatic carbocycles. The molecule has 0 atom stereocenters. The fourth-order valence-corrected chi connectivity index (χ4v) is 1.44. The Kier molecular flexibility index (Phi) is 6.18. The van der Waals surface area contributed by atoms with Gasteiger partial charge >= 0.3 is 0 Å². The molecular formula is C13H20N2O3. The summed E-state index contributed by atoms with van der Waals surface area (Å²) < 4.78 is 10.3. The summed E-state index contributed by atoms with van der Waals surface area (Å²) in [5, 5.41) is 0. The molecule has 1 aromatic rings. The van der Waals surface area contributed by atoms with Gasteiger partial charge in [0.25, 0.3) is 5.91 Å². The molecule has 5 nitrogen and oxygen atoms in total. The molecule has 0 heterocycles. The maximum absolute atomic E-state index is 12.0. The maximum Gasteiger partial charge on any atom is 0.253 e. The third kappa shape index (κ3) is 4.35. The highest BCUT2D eigenvalue weighted by atomic mass is 16.5. The molecule has 0 fully saturated rings. The van der Waals surface area contributed by atoms with Crippen LogP contribution in [0.2, 0.25) is 0 Å². The standard InChI is InChI=1S/C13H20N2O3/c1-15(8-10-18-9-7-14)13(16)11-3-5-12(17-2)6-4-11/h3-6H,7-10,14H2,1-2H3. The molecule has 0 spiro atoms. The van der Waals surface area contributed by atoms with E-state index < -0.39 is 0 Å². The van der Waals surface area contributed by atoms with Gasteiger partial charge in [-0.2, -0.15) is 0 Å². The number of amides is 1. The third-order valence-electron chi connectivity index (χ3n) is 2.52. The summed E-state index contributed by atoms with van der Waals surface area (Å²) in [6.07, 6.45) is 0. The van der Waals surface area contributed by atoms with Gasteiger partial charge in [0.15, 0.2) is 0 Å². The molecular weight excluding hydrogens is 232 g/mol. The van der Waals surface area contributed by atoms with Crippen LogP contribution in [0.1, 0.15) is 10.4 Å². The highest BCUT2D eigenvalue weighted by Gasteiger charge is 2.11. The molecule has 0 saturated carbocycles. The Hall–Kier alpha value is -1.59. The van der Waals surface area contributed by atoms with Crippen molar-refractivity contribution < 1.29 is 14.3 Å². The van der Waals surface area contributed by atoms with Crippen LogP contribution < -0.4 is 10.5 Å². The largest absolute Gasteiger partial charge is 0.497 e. The van der Waals surface area contributed by atoms with E-state index in [0.29, 0.717) is 31.9 Å². The molecule has 0 aromatic heterocycles. The molecule has 0 bridgehead atoms. The van der Waals surface area contributed by atoms with E-state index in [4.69, 9.17) is 15.2 Å². The highest BCUT2D eigenvalue weighted by Crippen LogP contribution is 2.12. The zero-order valence-corrected chi connectivity index (χ0v) is 10.9. The minimum absolute atomic E-state index is 0.0333. The first kappa shape index (κ1) is 14.5. The van der Waals surface area contributed by atoms with Crippen LogP contribution in [-0.4, -0.2) is 51.3 Å². The van der Waals surface area contributed by atoms with Crippen LogP contribution in [-0.2, 0) is 4.74 Å². The number of methoxy groups -OCH3 is 1. The number of nitrogens with two attached hydrogens (primary N) is 1. The summed E-state index contributed by atoms with van der Waals surface area (Å²) in [6, 6.07) is 7.04. The van der Waals surface area contributed by atoms with Gasteiger partial charge in [0, 0.05) is 25.7 Å². The second-order valence-electron chi connectivity index (χ2n) is 3.86. The smallest absolute Gasteiger partial charge is 0.253 e. The molecule has 0 radical (unpaired) electrons. The van der Waals surface area contributed by atoms with E-state index in [1.165, 1.54) is 0 Å². The van der Waals surface area contributed by atoms with Crippen molar-refractivity contribution in [2.45, 2.75) is 0 Å². The lowest BCUT2D eigenvalue weighted by Gasteiger charge is -2.17. The maximum atomic E-state index is 12.0. The lowest BCUT2D eigenvalue weighted by molar-refractivity contribution is 0.0704. The molecule has 1 amide bonds. The molecule has 2 N–H and O–H groups in total. The number of hydrogen-bond acceptors (Lipinski definition) is 4. The lowest BCUT2D eigenvalue weighted by Crippen LogP contribution is -2.30. The zero-order chi connectivity index (χ0) is 13.4. The van der Waals surface area contributed by atoms with Gasteiger partial charge in [-0.25, -0.2) is 0 Å². The van der Waals surface area contributed by atoms with Crippen molar-refractivity contribution in [3.05, 3.63) is 29.8 Å². The molecule has 100 valence electrons. The number of hydrogen-bond donors (Lipinski definition) is 1. The van der Waals surface area contributed by atoms with Crippen LogP contribution in [0.3, 0.4) is 0 Å². The summed E-state index contributed by atoms with van der Waals surface area (Å²) in [4.78, 5) is 13.6. The number of ether oxygens (including phenoxy) is 2. The van der Waals surface area contributed by atoms with E-state index in [1.54, 1.807) is 43.3 Å². The predicted molar refractivity (Wildman–Crippen MR) is 69.8 cm³/mol. The Morgan fingerprint density at radius 1 is 1.28 bits per heavy atom. The summed E-state index contributed by atoms with van der Waals surface area (Å²) in [6.45, 7) is 2.06. The van der Waals surface area contributed by atoms with Gasteiger partial charge in [0.2, 0.25) is 0 Å². The van der Waals surface area contributed by atoms with Crippen molar-refractivity contribution in [2.24, 2.45) is 5.73 Å². The number of nitrogens with zero attached hydrogens (tertiary/aromatic N) is 1. The first-order chi connectivity index (χ1) is 8.69. The van der Waals surface area contributed by atoms with Gasteiger partial charge in [-0.05, 0) is 24.3 Å². The van der Waals surface area contributed by atoms with Crippen LogP contribution >= 0.6 is 0 Å². The first-order valence-corrected chi connectivity index (χ1v) is 5.86. The minimum atomic E-state index is -0.0333. The monoisotopic (exact) mass is 252 g/mol. The summed E-state index contributed by atoms with van der Waals surface area (Å²) in [7, 11) is 3.34. The minimum Gasteiger partial charge on any atom is -0.497 e. The fourth-order valence-electron chi connectivity index (χ4n) is 1.44. The van der Waals surface area contributed by atoms with E-state index in [-0.39, 0.29) is 5.91 Å². The number of carbonyl (C=O) groups is 1. The number of benzene rings is 1. The quantitative estimate of drug-likeness (QED) is 0.727. The Morgan fingerprint density at radius 3 is 2.50 bits per heavy atom. The van der Waals surface area contributed by atoms with Crippen molar-refractivity contribution >= 4 is 5.91 Å². The van der Waals surface area contributed by atoms with Crippen LogP contribution in [0.25, 0.3) is 0 Å². The van der Waals surface area contributed by atoms with Crippen LogP contribution in [0.15, 0.2) is 24.3 Å². The first-order valence-electron chi connectivity index (χ1n) is 5.86. The van der Waals surface area contributed by atoms with Crippen molar-refractivity contribution in [1.29, 1.82) is 0 Å². The van der Waals surface area contributed by atoms with Crippen molar-refractivity contribution in [1.82, 2.24) is 4.90 Å². The van der Waals surface area contributed by atoms with E-state index in [9.17, 15) is 4.79 Å². The predicted octanol–water partition coefficient (Wildman–Crippen LogP) is 0.743. The number of rotatable bonds is 7. The van der Waals surface area contributed by atoms with Crippen molar-refractivity contribution in [3.8, 4) is 5.75 Å². The normalized spacial score (nSPS) is 10.2. The Balaban J connectivity index is 2.46. The SMILES string of the molecule is COc1ccc(C(=O)N(C)CCOCCN)cc1. The Bertz CT molecular complexity index is 365. The van der Waals surface area contributed by atoms with Gasteiger partial charge < -0.3 is 20.1 Å². The second kappa shape index (κ2) is 7.68. The zero-order valence-electron chi connectivity index (χ0n) is 10.9. The molecule has 5 heteroatoms. The summed E-state index contributed by atoms with van der Waals surface area (Å²) in [5.41, 5.74) is 5.94. The Labute approximate surface area is 107 Å². The molecule has 18 heavy (non-hydrogen) atoms. The van der Waals surface area contributed by atoms with Gasteiger partial charge in [0.1, 0.15) is 5.75 Å². The van der Waals surface area contributed by atoms with Gasteiger partial charge in [-0.3, -0.25) is 4.79 Å². The average Bonchev–Trinajstić information content (AvgIpc) is 2.42. The van der Waals surface area contributed by atoms with E-state index in [1.807, 2.05) is 0 Å². The average molecular weight is 252 g/mol. The van der Waals surface area contributed by atoms with E-state index >= 15 is 0 Å². The molecule has 1 aromatic carbocycles. The van der Waals surface area contributed by atoms with Crippen LogP contribution in [0.5, 0.6) is 5.75 Å². The molecule has 1 rings (SSSR count). The van der Waals surface area contributed by atoms with Crippen molar-refractivity contribution in [3.63, 3.8) is 0 Å². The Morgan fingerprint density at radius 2 is 1.94 bits per heavy atom. The lowest BCUT2D eigenvalue weighted by atomic mass is 10.2. The van der Waals surface area contributed by atoms with Crippen LogP contribution in [0.4, 0.5) is 0 Å². The van der Waals surface area contributed by atoms with Crippen LogP contribution in [0, 0.1) is 0 Å². The highest BCUT2D eigenvalue weighted by molar-refractivity contribution is 5.94. The van der Waals surface area contributed by atoms with Gasteiger partial charge in [0.05, 0.1) is 20.3 Å².